The van der Waals surface area contributed by atoms with Gasteiger partial charge in [0.15, 0.2) is 0 Å². The molecular formula is C23H25ClN4O3. The number of hydrogen-bond donors (Lipinski definition) is 2. The molecule has 0 radical (unpaired) electrons. The maximum atomic E-state index is 12.5. The molecular weight excluding hydrogens is 416 g/mol. The van der Waals surface area contributed by atoms with E-state index >= 15 is 0 Å². The summed E-state index contributed by atoms with van der Waals surface area (Å²) in [5.74, 6) is -1.48. The summed E-state index contributed by atoms with van der Waals surface area (Å²) in [6.07, 6.45) is 0.956. The Bertz CT molecular complexity index is 1110. The molecule has 0 aliphatic rings. The number of carboxylic acid groups (broad SMARTS) is 1. The number of benzene rings is 2. The summed E-state index contributed by atoms with van der Waals surface area (Å²) in [5, 5.41) is 17.3. The summed E-state index contributed by atoms with van der Waals surface area (Å²) in [6.45, 7) is 5.33. The number of aromatic nitrogens is 2. The second-order valence-corrected chi connectivity index (χ2v) is 7.73. The van der Waals surface area contributed by atoms with Crippen LogP contribution in [0.25, 0.3) is 0 Å². The van der Waals surface area contributed by atoms with Gasteiger partial charge in [0.1, 0.15) is 0 Å². The molecule has 1 aromatic heterocycles. The van der Waals surface area contributed by atoms with Crippen LogP contribution in [0.15, 0.2) is 48.5 Å². The van der Waals surface area contributed by atoms with Crippen LogP contribution in [0.4, 0.5) is 11.4 Å². The van der Waals surface area contributed by atoms with Crippen molar-refractivity contribution < 1.29 is 14.7 Å². The highest BCUT2D eigenvalue weighted by Crippen LogP contribution is 2.26. The summed E-state index contributed by atoms with van der Waals surface area (Å²) in [6, 6.07) is 13.5. The molecule has 162 valence electrons. The second-order valence-electron chi connectivity index (χ2n) is 7.33. The second kappa shape index (κ2) is 9.66. The first-order valence-corrected chi connectivity index (χ1v) is 10.4. The van der Waals surface area contributed by atoms with Gasteiger partial charge in [0, 0.05) is 19.3 Å². The number of nitrogens with zero attached hydrogens (tertiary/aromatic N) is 3. The van der Waals surface area contributed by atoms with Crippen LogP contribution in [-0.4, -0.2) is 33.8 Å². The Kier molecular flexibility index (Phi) is 6.97. The van der Waals surface area contributed by atoms with Crippen molar-refractivity contribution >= 4 is 34.9 Å². The van der Waals surface area contributed by atoms with Crippen molar-refractivity contribution in [3.63, 3.8) is 0 Å². The molecule has 8 heteroatoms. The maximum absolute atomic E-state index is 12.5. The molecule has 0 unspecified atom stereocenters. The first-order valence-electron chi connectivity index (χ1n) is 9.97. The molecule has 1 heterocycles. The Morgan fingerprint density at radius 1 is 1.16 bits per heavy atom. The number of aryl methyl sites for hydroxylation is 2. The normalized spacial score (nSPS) is 10.7. The number of aromatic carboxylic acids is 1. The number of rotatable bonds is 8. The van der Waals surface area contributed by atoms with Gasteiger partial charge in [-0.2, -0.15) is 5.10 Å². The van der Waals surface area contributed by atoms with E-state index in [1.807, 2.05) is 29.6 Å². The van der Waals surface area contributed by atoms with E-state index in [0.29, 0.717) is 28.5 Å². The number of nitrogens with one attached hydrogen (secondary N) is 1. The smallest absolute Gasteiger partial charge is 0.337 e. The van der Waals surface area contributed by atoms with Crippen LogP contribution in [0.3, 0.4) is 0 Å². The molecule has 31 heavy (non-hydrogen) atoms. The minimum Gasteiger partial charge on any atom is -0.478 e. The number of carbonyl (C=O) groups is 2. The highest BCUT2D eigenvalue weighted by Gasteiger charge is 2.18. The van der Waals surface area contributed by atoms with Crippen LogP contribution < -0.4 is 10.2 Å². The van der Waals surface area contributed by atoms with Gasteiger partial charge < -0.3 is 15.3 Å². The van der Waals surface area contributed by atoms with Crippen molar-refractivity contribution in [1.82, 2.24) is 9.78 Å². The highest BCUT2D eigenvalue weighted by molar-refractivity contribution is 6.34. The third kappa shape index (κ3) is 5.24. The fourth-order valence-corrected chi connectivity index (χ4v) is 3.64. The van der Waals surface area contributed by atoms with E-state index in [1.54, 1.807) is 36.4 Å². The van der Waals surface area contributed by atoms with Crippen molar-refractivity contribution in [2.45, 2.75) is 33.4 Å². The molecule has 1 amide bonds. The van der Waals surface area contributed by atoms with Crippen LogP contribution in [0.1, 0.15) is 45.4 Å². The molecule has 2 N–H and O–H groups in total. The van der Waals surface area contributed by atoms with Gasteiger partial charge in [0.2, 0.25) is 0 Å². The number of carbonyl (C=O) groups excluding carboxylic acids is 1. The lowest BCUT2D eigenvalue weighted by Gasteiger charge is -2.22. The number of hydrogen-bond acceptors (Lipinski definition) is 4. The minimum absolute atomic E-state index is 0.0951. The molecule has 0 atom stereocenters. The zero-order valence-corrected chi connectivity index (χ0v) is 18.5. The molecule has 2 aromatic carbocycles. The standard InChI is InChI=1S/C23H25ClN4O3/c1-4-11-28-17(12-15(2)26-28)14-27(3)21-10-9-16(13-19(21)23(30)31)25-22(29)18-7-5-6-8-20(18)24/h5-10,12-13H,4,11,14H2,1-3H3,(H,25,29)(H,30,31). The number of carboxylic acids is 1. The van der Waals surface area contributed by atoms with Gasteiger partial charge in [-0.1, -0.05) is 30.7 Å². The average molecular weight is 441 g/mol. The van der Waals surface area contributed by atoms with Crippen LogP contribution in [0.2, 0.25) is 5.02 Å². The van der Waals surface area contributed by atoms with Gasteiger partial charge in [-0.05, 0) is 49.7 Å². The van der Waals surface area contributed by atoms with E-state index in [4.69, 9.17) is 11.6 Å². The number of halogens is 1. The molecule has 3 rings (SSSR count). The van der Waals surface area contributed by atoms with Crippen molar-refractivity contribution in [2.75, 3.05) is 17.3 Å². The lowest BCUT2D eigenvalue weighted by molar-refractivity contribution is 0.0697. The first kappa shape index (κ1) is 22.4. The number of anilines is 2. The fourth-order valence-electron chi connectivity index (χ4n) is 3.42. The molecule has 0 fully saturated rings. The minimum atomic E-state index is -1.08. The van der Waals surface area contributed by atoms with Crippen molar-refractivity contribution in [1.29, 1.82) is 0 Å². The van der Waals surface area contributed by atoms with Gasteiger partial charge >= 0.3 is 5.97 Å². The lowest BCUT2D eigenvalue weighted by atomic mass is 10.1. The highest BCUT2D eigenvalue weighted by atomic mass is 35.5. The van der Waals surface area contributed by atoms with Crippen LogP contribution in [0.5, 0.6) is 0 Å². The summed E-state index contributed by atoms with van der Waals surface area (Å²) >= 11 is 6.08. The van der Waals surface area contributed by atoms with E-state index in [-0.39, 0.29) is 5.56 Å². The summed E-state index contributed by atoms with van der Waals surface area (Å²) in [4.78, 5) is 26.3. The topological polar surface area (TPSA) is 87.5 Å². The Morgan fingerprint density at radius 3 is 2.58 bits per heavy atom. The molecule has 0 spiro atoms. The quantitative estimate of drug-likeness (QED) is 0.523. The molecule has 0 aliphatic heterocycles. The van der Waals surface area contributed by atoms with E-state index in [2.05, 4.69) is 17.3 Å². The number of amides is 1. The van der Waals surface area contributed by atoms with Gasteiger partial charge in [-0.25, -0.2) is 4.79 Å². The van der Waals surface area contributed by atoms with Gasteiger partial charge in [-0.3, -0.25) is 9.48 Å². The van der Waals surface area contributed by atoms with Crippen molar-refractivity contribution in [3.8, 4) is 0 Å². The predicted octanol–water partition coefficient (Wildman–Crippen LogP) is 4.84. The molecule has 0 bridgehead atoms. The molecule has 0 saturated heterocycles. The fraction of sp³-hybridized carbons (Fsp3) is 0.261. The Hall–Kier alpha value is -3.32. The summed E-state index contributed by atoms with van der Waals surface area (Å²) in [5.41, 5.74) is 3.28. The van der Waals surface area contributed by atoms with Gasteiger partial charge in [-0.15, -0.1) is 0 Å². The van der Waals surface area contributed by atoms with Crippen molar-refractivity contribution in [2.24, 2.45) is 0 Å². The molecule has 0 saturated carbocycles. The molecule has 7 nitrogen and oxygen atoms in total. The van der Waals surface area contributed by atoms with Crippen LogP contribution in [-0.2, 0) is 13.1 Å². The third-order valence-electron chi connectivity index (χ3n) is 4.83. The van der Waals surface area contributed by atoms with Crippen LogP contribution in [0, 0.1) is 6.92 Å². The monoisotopic (exact) mass is 440 g/mol. The lowest BCUT2D eigenvalue weighted by Crippen LogP contribution is -2.22. The third-order valence-corrected chi connectivity index (χ3v) is 5.16. The molecule has 3 aromatic rings. The van der Waals surface area contributed by atoms with Crippen LogP contribution >= 0.6 is 11.6 Å². The van der Waals surface area contributed by atoms with E-state index in [9.17, 15) is 14.7 Å². The van der Waals surface area contributed by atoms with Gasteiger partial charge in [0.05, 0.1) is 39.8 Å². The van der Waals surface area contributed by atoms with E-state index in [0.717, 1.165) is 24.4 Å². The maximum Gasteiger partial charge on any atom is 0.337 e. The van der Waals surface area contributed by atoms with E-state index in [1.165, 1.54) is 6.07 Å². The first-order chi connectivity index (χ1) is 14.8. The Morgan fingerprint density at radius 2 is 1.90 bits per heavy atom. The van der Waals surface area contributed by atoms with E-state index < -0.39 is 11.9 Å². The Balaban J connectivity index is 1.84. The zero-order valence-electron chi connectivity index (χ0n) is 17.7. The largest absolute Gasteiger partial charge is 0.478 e. The summed E-state index contributed by atoms with van der Waals surface area (Å²) in [7, 11) is 1.84. The Labute approximate surface area is 186 Å². The van der Waals surface area contributed by atoms with Crippen molar-refractivity contribution in [3.05, 3.63) is 76.1 Å². The molecule has 0 aliphatic carbocycles. The summed E-state index contributed by atoms with van der Waals surface area (Å²) < 4.78 is 1.95. The average Bonchev–Trinajstić information content (AvgIpc) is 3.07. The zero-order chi connectivity index (χ0) is 22.5. The predicted molar refractivity (Wildman–Crippen MR) is 122 cm³/mol. The van der Waals surface area contributed by atoms with Gasteiger partial charge in [0.25, 0.3) is 5.91 Å². The SMILES string of the molecule is CCCn1nc(C)cc1CN(C)c1ccc(NC(=O)c2ccccc2Cl)cc1C(=O)O.